The number of methoxy groups -OCH3 is 1. The highest BCUT2D eigenvalue weighted by molar-refractivity contribution is 5.84. The zero-order valence-electron chi connectivity index (χ0n) is 12.2. The van der Waals surface area contributed by atoms with Crippen LogP contribution >= 0.6 is 0 Å². The van der Waals surface area contributed by atoms with Crippen LogP contribution in [0.3, 0.4) is 0 Å². The van der Waals surface area contributed by atoms with E-state index in [0.717, 1.165) is 22.1 Å². The largest absolute Gasteiger partial charge is 0.497 e. The van der Waals surface area contributed by atoms with Crippen LogP contribution in [0.2, 0.25) is 0 Å². The fourth-order valence-corrected chi connectivity index (χ4v) is 2.34. The zero-order chi connectivity index (χ0) is 14.8. The van der Waals surface area contributed by atoms with Gasteiger partial charge in [-0.05, 0) is 46.5 Å². The van der Waals surface area contributed by atoms with Crippen LogP contribution in [-0.2, 0) is 5.60 Å². The third-order valence-electron chi connectivity index (χ3n) is 3.71. The number of rotatable bonds is 4. The van der Waals surface area contributed by atoms with Gasteiger partial charge in [-0.3, -0.25) is 0 Å². The predicted molar refractivity (Wildman–Crippen MR) is 82.9 cm³/mol. The van der Waals surface area contributed by atoms with Gasteiger partial charge in [0.1, 0.15) is 11.4 Å². The molecule has 0 saturated heterocycles. The molecule has 0 spiro atoms. The van der Waals surface area contributed by atoms with Crippen LogP contribution in [0.4, 0.5) is 0 Å². The number of benzene rings is 2. The summed E-state index contributed by atoms with van der Waals surface area (Å²) in [5.41, 5.74) is 2.51. The van der Waals surface area contributed by atoms with E-state index in [2.05, 4.69) is 12.3 Å². The number of hydrogen-bond donors (Lipinski definition) is 1. The highest BCUT2D eigenvalue weighted by Gasteiger charge is 2.30. The van der Waals surface area contributed by atoms with E-state index in [4.69, 9.17) is 4.74 Å². The van der Waals surface area contributed by atoms with Crippen molar-refractivity contribution in [2.45, 2.75) is 19.4 Å². The summed E-state index contributed by atoms with van der Waals surface area (Å²) >= 11 is 0. The van der Waals surface area contributed by atoms with E-state index in [1.807, 2.05) is 50.2 Å². The summed E-state index contributed by atoms with van der Waals surface area (Å²) in [4.78, 5) is 0. The van der Waals surface area contributed by atoms with E-state index in [1.165, 1.54) is 0 Å². The number of fused-ring (bicyclic) bond motifs is 1. The number of hydrogen-bond acceptors (Lipinski definition) is 2. The summed E-state index contributed by atoms with van der Waals surface area (Å²) in [5, 5.41) is 13.0. The van der Waals surface area contributed by atoms with Crippen molar-refractivity contribution < 1.29 is 9.84 Å². The standard InChI is InChI=1S/C18H20O2/c1-5-10-18(19,13(2)3)16-8-6-15-12-17(20-4)9-7-14(15)11-16/h6-13,19H,1H2,2-4H3. The molecular formula is C18H20O2. The first-order chi connectivity index (χ1) is 9.51. The molecule has 0 radical (unpaired) electrons. The first-order valence-electron chi connectivity index (χ1n) is 6.69. The van der Waals surface area contributed by atoms with Gasteiger partial charge in [0.05, 0.1) is 7.11 Å². The van der Waals surface area contributed by atoms with E-state index in [9.17, 15) is 5.11 Å². The Morgan fingerprint density at radius 3 is 2.45 bits per heavy atom. The maximum Gasteiger partial charge on any atom is 0.119 e. The second-order valence-corrected chi connectivity index (χ2v) is 5.26. The third-order valence-corrected chi connectivity index (χ3v) is 3.71. The van der Waals surface area contributed by atoms with Gasteiger partial charge in [-0.2, -0.15) is 0 Å². The van der Waals surface area contributed by atoms with Gasteiger partial charge in [0.15, 0.2) is 0 Å². The summed E-state index contributed by atoms with van der Waals surface area (Å²) in [7, 11) is 1.65. The van der Waals surface area contributed by atoms with Crippen molar-refractivity contribution in [1.82, 2.24) is 0 Å². The predicted octanol–water partition coefficient (Wildman–Crippen LogP) is 4.03. The van der Waals surface area contributed by atoms with E-state index in [0.29, 0.717) is 0 Å². The minimum Gasteiger partial charge on any atom is -0.497 e. The molecule has 2 aromatic rings. The molecule has 0 heterocycles. The summed E-state index contributed by atoms with van der Waals surface area (Å²) in [6, 6.07) is 11.8. The smallest absolute Gasteiger partial charge is 0.119 e. The first-order valence-corrected chi connectivity index (χ1v) is 6.69. The third kappa shape index (κ3) is 2.49. The molecule has 1 atom stereocenters. The van der Waals surface area contributed by atoms with Gasteiger partial charge in [-0.25, -0.2) is 0 Å². The van der Waals surface area contributed by atoms with Crippen molar-refractivity contribution in [3.8, 4) is 5.75 Å². The second kappa shape index (κ2) is 5.54. The van der Waals surface area contributed by atoms with Gasteiger partial charge >= 0.3 is 0 Å². The molecule has 0 aliphatic rings. The topological polar surface area (TPSA) is 29.5 Å². The monoisotopic (exact) mass is 268 g/mol. The van der Waals surface area contributed by atoms with Crippen LogP contribution in [0.1, 0.15) is 19.4 Å². The molecule has 0 aliphatic heterocycles. The lowest BCUT2D eigenvalue weighted by Gasteiger charge is -2.29. The van der Waals surface area contributed by atoms with Gasteiger partial charge in [-0.1, -0.05) is 38.6 Å². The average molecular weight is 268 g/mol. The Hall–Kier alpha value is -2.02. The highest BCUT2D eigenvalue weighted by Crippen LogP contribution is 2.33. The fraction of sp³-hybridized carbons (Fsp3) is 0.278. The van der Waals surface area contributed by atoms with Gasteiger partial charge in [0.25, 0.3) is 0 Å². The summed E-state index contributed by atoms with van der Waals surface area (Å²) in [6.45, 7) is 7.54. The van der Waals surface area contributed by atoms with E-state index >= 15 is 0 Å². The maximum absolute atomic E-state index is 10.8. The van der Waals surface area contributed by atoms with Crippen LogP contribution < -0.4 is 4.74 Å². The normalized spacial score (nSPS) is 13.8. The van der Waals surface area contributed by atoms with Crippen LogP contribution in [0.15, 0.2) is 54.8 Å². The molecular weight excluding hydrogens is 248 g/mol. The highest BCUT2D eigenvalue weighted by atomic mass is 16.5. The van der Waals surface area contributed by atoms with E-state index < -0.39 is 5.60 Å². The lowest BCUT2D eigenvalue weighted by molar-refractivity contribution is 0.0403. The molecule has 20 heavy (non-hydrogen) atoms. The number of ether oxygens (including phenoxy) is 1. The minimum absolute atomic E-state index is 0.0347. The van der Waals surface area contributed by atoms with E-state index in [-0.39, 0.29) is 5.92 Å². The van der Waals surface area contributed by atoms with Gasteiger partial charge in [-0.15, -0.1) is 5.73 Å². The Labute approximate surface area is 120 Å². The Morgan fingerprint density at radius 1 is 1.20 bits per heavy atom. The Kier molecular flexibility index (Phi) is 3.99. The van der Waals surface area contributed by atoms with Crippen LogP contribution in [0.5, 0.6) is 5.75 Å². The van der Waals surface area contributed by atoms with Crippen molar-refractivity contribution in [1.29, 1.82) is 0 Å². The lowest BCUT2D eigenvalue weighted by atomic mass is 9.82. The van der Waals surface area contributed by atoms with Crippen molar-refractivity contribution in [3.63, 3.8) is 0 Å². The molecule has 104 valence electrons. The Balaban J connectivity index is 2.58. The van der Waals surface area contributed by atoms with Crippen LogP contribution in [-0.4, -0.2) is 12.2 Å². The van der Waals surface area contributed by atoms with Gasteiger partial charge in [0.2, 0.25) is 0 Å². The Bertz CT molecular complexity index is 666. The van der Waals surface area contributed by atoms with Crippen LogP contribution in [0.25, 0.3) is 10.8 Å². The molecule has 0 amide bonds. The van der Waals surface area contributed by atoms with Gasteiger partial charge < -0.3 is 9.84 Å². The van der Waals surface area contributed by atoms with Crippen molar-refractivity contribution in [3.05, 3.63) is 60.3 Å². The average Bonchev–Trinajstić information content (AvgIpc) is 2.46. The molecule has 0 aliphatic carbocycles. The molecule has 2 rings (SSSR count). The number of aliphatic hydroxyl groups is 1. The van der Waals surface area contributed by atoms with Crippen LogP contribution in [0, 0.1) is 5.92 Å². The van der Waals surface area contributed by atoms with Crippen molar-refractivity contribution >= 4 is 10.8 Å². The lowest BCUT2D eigenvalue weighted by Crippen LogP contribution is -2.29. The van der Waals surface area contributed by atoms with Crippen molar-refractivity contribution in [2.24, 2.45) is 5.92 Å². The maximum atomic E-state index is 10.8. The molecule has 1 N–H and O–H groups in total. The Morgan fingerprint density at radius 2 is 1.85 bits per heavy atom. The molecule has 0 aromatic heterocycles. The molecule has 0 saturated carbocycles. The molecule has 2 nitrogen and oxygen atoms in total. The second-order valence-electron chi connectivity index (χ2n) is 5.26. The minimum atomic E-state index is -1.05. The molecule has 0 bridgehead atoms. The van der Waals surface area contributed by atoms with Crippen molar-refractivity contribution in [2.75, 3.05) is 7.11 Å². The molecule has 2 aromatic carbocycles. The molecule has 0 fully saturated rings. The molecule has 1 unspecified atom stereocenters. The summed E-state index contributed by atoms with van der Waals surface area (Å²) in [5.74, 6) is 0.864. The quantitative estimate of drug-likeness (QED) is 0.848. The molecule has 2 heteroatoms. The SMILES string of the molecule is C=C=CC(O)(c1ccc2cc(OC)ccc2c1)C(C)C. The fourth-order valence-electron chi connectivity index (χ4n) is 2.34. The first kappa shape index (κ1) is 14.4. The van der Waals surface area contributed by atoms with E-state index in [1.54, 1.807) is 13.2 Å². The summed E-state index contributed by atoms with van der Waals surface area (Å²) in [6.07, 6.45) is 1.63. The summed E-state index contributed by atoms with van der Waals surface area (Å²) < 4.78 is 5.22. The van der Waals surface area contributed by atoms with Gasteiger partial charge in [0, 0.05) is 0 Å². The zero-order valence-corrected chi connectivity index (χ0v) is 12.2.